The van der Waals surface area contributed by atoms with Crippen LogP contribution < -0.4 is 5.32 Å². The second kappa shape index (κ2) is 8.16. The van der Waals surface area contributed by atoms with Crippen molar-refractivity contribution in [1.82, 2.24) is 9.88 Å². The Bertz CT molecular complexity index is 479. The lowest BCUT2D eigenvalue weighted by Gasteiger charge is -2.25. The molecule has 0 aliphatic rings. The Morgan fingerprint density at radius 3 is 2.85 bits per heavy atom. The van der Waals surface area contributed by atoms with Crippen LogP contribution in [-0.4, -0.2) is 34.9 Å². The van der Waals surface area contributed by atoms with Crippen LogP contribution in [0.1, 0.15) is 44.1 Å². The molecule has 1 amide bonds. The first-order valence-electron chi connectivity index (χ1n) is 6.99. The van der Waals surface area contributed by atoms with Crippen molar-refractivity contribution < 1.29 is 4.79 Å². The highest BCUT2D eigenvalue weighted by molar-refractivity contribution is 5.92. The zero-order chi connectivity index (χ0) is 15.0. The summed E-state index contributed by atoms with van der Waals surface area (Å²) in [5.74, 6) is 0.581. The van der Waals surface area contributed by atoms with E-state index in [1.165, 1.54) is 0 Å². The summed E-state index contributed by atoms with van der Waals surface area (Å²) in [6, 6.07) is 7.50. The van der Waals surface area contributed by atoms with E-state index >= 15 is 0 Å². The Morgan fingerprint density at radius 1 is 1.50 bits per heavy atom. The van der Waals surface area contributed by atoms with Crippen LogP contribution in [0.2, 0.25) is 0 Å². The molecule has 1 rings (SSSR count). The van der Waals surface area contributed by atoms with Crippen molar-refractivity contribution in [3.63, 3.8) is 0 Å². The summed E-state index contributed by atoms with van der Waals surface area (Å²) in [7, 11) is 0. The summed E-state index contributed by atoms with van der Waals surface area (Å²) >= 11 is 0. The predicted molar refractivity (Wildman–Crippen MR) is 79.4 cm³/mol. The minimum absolute atomic E-state index is 0.0462. The van der Waals surface area contributed by atoms with Crippen molar-refractivity contribution in [3.05, 3.63) is 23.9 Å². The van der Waals surface area contributed by atoms with Crippen molar-refractivity contribution >= 4 is 11.7 Å². The van der Waals surface area contributed by atoms with Crippen molar-refractivity contribution in [2.24, 2.45) is 0 Å². The van der Waals surface area contributed by atoms with Gasteiger partial charge in [-0.25, -0.2) is 4.98 Å². The molecule has 5 heteroatoms. The predicted octanol–water partition coefficient (Wildman–Crippen LogP) is 2.67. The molecule has 1 N–H and O–H groups in total. The van der Waals surface area contributed by atoms with Gasteiger partial charge in [0.1, 0.15) is 11.5 Å². The zero-order valence-electron chi connectivity index (χ0n) is 12.4. The number of nitriles is 1. The highest BCUT2D eigenvalue weighted by Gasteiger charge is 2.19. The number of anilines is 1. The highest BCUT2D eigenvalue weighted by Crippen LogP contribution is 2.10. The molecule has 0 atom stereocenters. The first kappa shape index (κ1) is 16.0. The van der Waals surface area contributed by atoms with Crippen LogP contribution in [0.3, 0.4) is 0 Å². The number of nitrogens with one attached hydrogen (secondary N) is 1. The van der Waals surface area contributed by atoms with E-state index in [-0.39, 0.29) is 11.9 Å². The number of nitrogens with zero attached hydrogens (tertiary/aromatic N) is 3. The average Bonchev–Trinajstić information content (AvgIpc) is 2.45. The first-order chi connectivity index (χ1) is 9.60. The van der Waals surface area contributed by atoms with Crippen LogP contribution in [0.5, 0.6) is 0 Å². The molecular weight excluding hydrogens is 252 g/mol. The molecular formula is C15H22N4O. The van der Waals surface area contributed by atoms with Gasteiger partial charge in [0.2, 0.25) is 0 Å². The maximum atomic E-state index is 12.4. The van der Waals surface area contributed by atoms with E-state index in [4.69, 9.17) is 5.26 Å². The number of aromatic nitrogens is 1. The molecule has 0 aromatic carbocycles. The summed E-state index contributed by atoms with van der Waals surface area (Å²) in [4.78, 5) is 18.5. The molecule has 0 aliphatic heterocycles. The third kappa shape index (κ3) is 4.54. The molecule has 0 aliphatic carbocycles. The molecule has 0 spiro atoms. The molecule has 0 bridgehead atoms. The lowest BCUT2D eigenvalue weighted by atomic mass is 10.2. The third-order valence-corrected chi connectivity index (χ3v) is 2.87. The van der Waals surface area contributed by atoms with Gasteiger partial charge >= 0.3 is 0 Å². The molecule has 108 valence electrons. The number of pyridine rings is 1. The van der Waals surface area contributed by atoms with E-state index in [2.05, 4.69) is 23.3 Å². The minimum Gasteiger partial charge on any atom is -0.370 e. The Hall–Kier alpha value is -2.09. The zero-order valence-corrected chi connectivity index (χ0v) is 12.4. The van der Waals surface area contributed by atoms with Gasteiger partial charge in [-0.15, -0.1) is 0 Å². The van der Waals surface area contributed by atoms with Crippen LogP contribution in [0.4, 0.5) is 5.82 Å². The Balaban J connectivity index is 2.85. The Labute approximate surface area is 120 Å². The van der Waals surface area contributed by atoms with Crippen LogP contribution >= 0.6 is 0 Å². The van der Waals surface area contributed by atoms with Gasteiger partial charge in [0, 0.05) is 19.1 Å². The lowest BCUT2D eigenvalue weighted by Crippen LogP contribution is -2.38. The standard InChI is InChI=1S/C15H22N4O/c1-4-10-17-14-8-5-7-13(18-14)15(20)19(12(2)3)11-6-9-16/h5,7-8,12H,4,6,10-11H2,1-3H3,(H,17,18). The summed E-state index contributed by atoms with van der Waals surface area (Å²) < 4.78 is 0. The highest BCUT2D eigenvalue weighted by atomic mass is 16.2. The number of carbonyl (C=O) groups is 1. The summed E-state index contributed by atoms with van der Waals surface area (Å²) in [6.45, 7) is 7.21. The minimum atomic E-state index is -0.129. The average molecular weight is 274 g/mol. The Morgan fingerprint density at radius 2 is 2.25 bits per heavy atom. The quantitative estimate of drug-likeness (QED) is 0.830. The van der Waals surface area contributed by atoms with Gasteiger partial charge in [-0.2, -0.15) is 5.26 Å². The summed E-state index contributed by atoms with van der Waals surface area (Å²) in [6.07, 6.45) is 1.33. The number of amides is 1. The first-order valence-corrected chi connectivity index (χ1v) is 6.99. The van der Waals surface area contributed by atoms with Crippen LogP contribution in [0, 0.1) is 11.3 Å². The molecule has 0 unspecified atom stereocenters. The second-order valence-corrected chi connectivity index (χ2v) is 4.84. The lowest BCUT2D eigenvalue weighted by molar-refractivity contribution is 0.0704. The maximum absolute atomic E-state index is 12.4. The van der Waals surface area contributed by atoms with E-state index in [9.17, 15) is 4.79 Å². The third-order valence-electron chi connectivity index (χ3n) is 2.87. The topological polar surface area (TPSA) is 69.0 Å². The summed E-state index contributed by atoms with van der Waals surface area (Å²) in [5, 5.41) is 11.8. The van der Waals surface area contributed by atoms with E-state index in [1.807, 2.05) is 26.0 Å². The fraction of sp³-hybridized carbons (Fsp3) is 0.533. The molecule has 0 saturated carbocycles. The van der Waals surface area contributed by atoms with Gasteiger partial charge in [-0.1, -0.05) is 13.0 Å². The van der Waals surface area contributed by atoms with Gasteiger partial charge in [0.05, 0.1) is 12.5 Å². The smallest absolute Gasteiger partial charge is 0.272 e. The van der Waals surface area contributed by atoms with Gasteiger partial charge in [0.15, 0.2) is 0 Å². The monoisotopic (exact) mass is 274 g/mol. The molecule has 1 heterocycles. The normalized spacial score (nSPS) is 10.2. The maximum Gasteiger partial charge on any atom is 0.272 e. The van der Waals surface area contributed by atoms with E-state index in [0.29, 0.717) is 24.5 Å². The molecule has 1 aromatic heterocycles. The van der Waals surface area contributed by atoms with Crippen molar-refractivity contribution in [2.45, 2.75) is 39.7 Å². The fourth-order valence-corrected chi connectivity index (χ4v) is 1.82. The largest absolute Gasteiger partial charge is 0.370 e. The van der Waals surface area contributed by atoms with Crippen molar-refractivity contribution in [1.29, 1.82) is 5.26 Å². The fourth-order valence-electron chi connectivity index (χ4n) is 1.82. The number of hydrogen-bond acceptors (Lipinski definition) is 4. The van der Waals surface area contributed by atoms with Gasteiger partial charge < -0.3 is 10.2 Å². The van der Waals surface area contributed by atoms with Gasteiger partial charge in [-0.3, -0.25) is 4.79 Å². The van der Waals surface area contributed by atoms with Crippen LogP contribution in [0.15, 0.2) is 18.2 Å². The molecule has 0 radical (unpaired) electrons. The van der Waals surface area contributed by atoms with Crippen LogP contribution in [-0.2, 0) is 0 Å². The van der Waals surface area contributed by atoms with Gasteiger partial charge in [0.25, 0.3) is 5.91 Å². The molecule has 0 saturated heterocycles. The van der Waals surface area contributed by atoms with E-state index < -0.39 is 0 Å². The van der Waals surface area contributed by atoms with E-state index in [0.717, 1.165) is 13.0 Å². The SMILES string of the molecule is CCCNc1cccc(C(=O)N(CCC#N)C(C)C)n1. The van der Waals surface area contributed by atoms with Crippen molar-refractivity contribution in [3.8, 4) is 6.07 Å². The van der Waals surface area contributed by atoms with Crippen molar-refractivity contribution in [2.75, 3.05) is 18.4 Å². The summed E-state index contributed by atoms with van der Waals surface area (Å²) in [5.41, 5.74) is 0.415. The number of carbonyl (C=O) groups excluding carboxylic acids is 1. The molecule has 0 fully saturated rings. The Kier molecular flexibility index (Phi) is 6.51. The van der Waals surface area contributed by atoms with E-state index in [1.54, 1.807) is 11.0 Å². The molecule has 5 nitrogen and oxygen atoms in total. The second-order valence-electron chi connectivity index (χ2n) is 4.84. The molecule has 1 aromatic rings. The molecule has 20 heavy (non-hydrogen) atoms. The number of hydrogen-bond donors (Lipinski definition) is 1. The van der Waals surface area contributed by atoms with Gasteiger partial charge in [-0.05, 0) is 32.4 Å². The number of rotatable bonds is 7. The van der Waals surface area contributed by atoms with Crippen LogP contribution in [0.25, 0.3) is 0 Å².